The molecule has 5 N–H and O–H groups in total. The van der Waals surface area contributed by atoms with Gasteiger partial charge in [-0.25, -0.2) is 4.79 Å². The summed E-state index contributed by atoms with van der Waals surface area (Å²) in [6, 6.07) is 13.3. The summed E-state index contributed by atoms with van der Waals surface area (Å²) in [6.45, 7) is 0.794. The largest absolute Gasteiger partial charge is 0.507 e. The Kier molecular flexibility index (Phi) is 8.30. The van der Waals surface area contributed by atoms with Gasteiger partial charge in [0, 0.05) is 19.2 Å². The molecule has 9 heteroatoms. The van der Waals surface area contributed by atoms with Gasteiger partial charge < -0.3 is 30.9 Å². The lowest BCUT2D eigenvalue weighted by Crippen LogP contribution is -2.37. The smallest absolute Gasteiger partial charge is 0.315 e. The topological polar surface area (TPSA) is 137 Å². The van der Waals surface area contributed by atoms with Crippen molar-refractivity contribution >= 4 is 17.9 Å². The van der Waals surface area contributed by atoms with Crippen molar-refractivity contribution in [2.45, 2.75) is 13.0 Å². The predicted octanol–water partition coefficient (Wildman–Crippen LogP) is 1.47. The number of aliphatic carboxylic acids is 1. The summed E-state index contributed by atoms with van der Waals surface area (Å²) < 4.78 is 5.44. The molecule has 0 saturated heterocycles. The molecular weight excluding hydrogens is 378 g/mol. The summed E-state index contributed by atoms with van der Waals surface area (Å²) in [5.41, 5.74) is 1.00. The van der Waals surface area contributed by atoms with Crippen LogP contribution < -0.4 is 20.7 Å². The first-order valence-electron chi connectivity index (χ1n) is 8.97. The number of amides is 3. The normalized spacial score (nSPS) is 10.1. The summed E-state index contributed by atoms with van der Waals surface area (Å²) >= 11 is 0. The molecule has 0 spiro atoms. The molecule has 9 nitrogen and oxygen atoms in total. The number of hydrogen-bond donors (Lipinski definition) is 5. The molecular formula is C20H23N3O6. The molecule has 2 rings (SSSR count). The Morgan fingerprint density at radius 2 is 1.69 bits per heavy atom. The maximum Gasteiger partial charge on any atom is 0.315 e. The second-order valence-corrected chi connectivity index (χ2v) is 6.02. The number of phenolic OH excluding ortho intramolecular Hbond substituents is 1. The second kappa shape index (κ2) is 11.2. The van der Waals surface area contributed by atoms with Crippen LogP contribution in [0.3, 0.4) is 0 Å². The molecule has 0 aliphatic rings. The third-order valence-corrected chi connectivity index (χ3v) is 3.79. The lowest BCUT2D eigenvalue weighted by atomic mass is 10.1. The molecule has 2 aromatic carbocycles. The monoisotopic (exact) mass is 401 g/mol. The van der Waals surface area contributed by atoms with E-state index in [4.69, 9.17) is 9.84 Å². The summed E-state index contributed by atoms with van der Waals surface area (Å²) in [5.74, 6) is -1.56. The average Bonchev–Trinajstić information content (AvgIpc) is 2.70. The molecule has 0 atom stereocenters. The first-order chi connectivity index (χ1) is 14.0. The number of rotatable bonds is 10. The standard InChI is InChI=1S/C20H23N3O6/c24-17-12-15(6-7-16(17)19(27)21-9-8-18(25)26)29-11-10-22-20(28)23-13-14-4-2-1-3-5-14/h1-7,12,24H,8-11,13H2,(H,21,27)(H,25,26)(H2,22,23,28). The van der Waals surface area contributed by atoms with Crippen molar-refractivity contribution in [2.24, 2.45) is 0 Å². The number of urea groups is 1. The number of benzene rings is 2. The minimum absolute atomic E-state index is 0.0150. The predicted molar refractivity (Wildman–Crippen MR) is 105 cm³/mol. The quantitative estimate of drug-likeness (QED) is 0.383. The number of nitrogens with one attached hydrogen (secondary N) is 3. The van der Waals surface area contributed by atoms with Crippen LogP contribution in [0.15, 0.2) is 48.5 Å². The van der Waals surface area contributed by atoms with Crippen LogP contribution in [0.2, 0.25) is 0 Å². The molecule has 0 aliphatic carbocycles. The molecule has 0 heterocycles. The van der Waals surface area contributed by atoms with E-state index in [-0.39, 0.29) is 43.5 Å². The first-order valence-corrected chi connectivity index (χ1v) is 8.97. The van der Waals surface area contributed by atoms with E-state index in [1.165, 1.54) is 18.2 Å². The summed E-state index contributed by atoms with van der Waals surface area (Å²) in [7, 11) is 0. The number of hydrogen-bond acceptors (Lipinski definition) is 5. The van der Waals surface area contributed by atoms with Crippen LogP contribution >= 0.6 is 0 Å². The average molecular weight is 401 g/mol. The van der Waals surface area contributed by atoms with Crippen molar-refractivity contribution in [1.82, 2.24) is 16.0 Å². The zero-order chi connectivity index (χ0) is 21.1. The van der Waals surface area contributed by atoms with E-state index in [1.54, 1.807) is 0 Å². The Morgan fingerprint density at radius 3 is 2.38 bits per heavy atom. The SMILES string of the molecule is O=C(O)CCNC(=O)c1ccc(OCCNC(=O)NCc2ccccc2)cc1O. The van der Waals surface area contributed by atoms with Crippen molar-refractivity contribution < 1.29 is 29.3 Å². The Labute approximate surface area is 167 Å². The van der Waals surface area contributed by atoms with E-state index in [0.29, 0.717) is 12.3 Å². The van der Waals surface area contributed by atoms with E-state index in [1.807, 2.05) is 30.3 Å². The van der Waals surface area contributed by atoms with Crippen molar-refractivity contribution in [3.8, 4) is 11.5 Å². The van der Waals surface area contributed by atoms with Crippen molar-refractivity contribution in [3.63, 3.8) is 0 Å². The van der Waals surface area contributed by atoms with Crippen LogP contribution in [0.25, 0.3) is 0 Å². The lowest BCUT2D eigenvalue weighted by molar-refractivity contribution is -0.136. The number of aromatic hydroxyl groups is 1. The molecule has 0 fully saturated rings. The van der Waals surface area contributed by atoms with Gasteiger partial charge in [0.05, 0.1) is 18.5 Å². The van der Waals surface area contributed by atoms with Crippen molar-refractivity contribution in [3.05, 3.63) is 59.7 Å². The van der Waals surface area contributed by atoms with E-state index in [2.05, 4.69) is 16.0 Å². The third-order valence-electron chi connectivity index (χ3n) is 3.79. The third kappa shape index (κ3) is 7.79. The van der Waals surface area contributed by atoms with Crippen LogP contribution in [0.4, 0.5) is 4.79 Å². The zero-order valence-corrected chi connectivity index (χ0v) is 15.7. The van der Waals surface area contributed by atoms with Gasteiger partial charge in [-0.15, -0.1) is 0 Å². The van der Waals surface area contributed by atoms with Gasteiger partial charge >= 0.3 is 12.0 Å². The van der Waals surface area contributed by atoms with Gasteiger partial charge in [0.25, 0.3) is 5.91 Å². The highest BCUT2D eigenvalue weighted by molar-refractivity contribution is 5.97. The van der Waals surface area contributed by atoms with Gasteiger partial charge in [-0.1, -0.05) is 30.3 Å². The fourth-order valence-electron chi connectivity index (χ4n) is 2.35. The number of carboxylic acids is 1. The first kappa shape index (κ1) is 21.5. The van der Waals surface area contributed by atoms with Crippen molar-refractivity contribution in [1.29, 1.82) is 0 Å². The molecule has 2 aromatic rings. The van der Waals surface area contributed by atoms with E-state index >= 15 is 0 Å². The van der Waals surface area contributed by atoms with Gasteiger partial charge in [0.2, 0.25) is 0 Å². The van der Waals surface area contributed by atoms with Gasteiger partial charge in [0.15, 0.2) is 0 Å². The molecule has 0 unspecified atom stereocenters. The summed E-state index contributed by atoms with van der Waals surface area (Å²) in [6.07, 6.45) is -0.209. The maximum atomic E-state index is 11.9. The van der Waals surface area contributed by atoms with Gasteiger partial charge in [-0.3, -0.25) is 9.59 Å². The molecule has 0 saturated carbocycles. The Bertz CT molecular complexity index is 841. The number of ether oxygens (including phenoxy) is 1. The van der Waals surface area contributed by atoms with Gasteiger partial charge in [0.1, 0.15) is 18.1 Å². The van der Waals surface area contributed by atoms with Gasteiger partial charge in [-0.05, 0) is 17.7 Å². The van der Waals surface area contributed by atoms with Crippen LogP contribution in [-0.2, 0) is 11.3 Å². The van der Waals surface area contributed by atoms with E-state index < -0.39 is 11.9 Å². The number of carbonyl (C=O) groups excluding carboxylic acids is 2. The van der Waals surface area contributed by atoms with E-state index in [0.717, 1.165) is 5.56 Å². The number of phenols is 1. The fraction of sp³-hybridized carbons (Fsp3) is 0.250. The minimum atomic E-state index is -1.03. The van der Waals surface area contributed by atoms with Crippen molar-refractivity contribution in [2.75, 3.05) is 19.7 Å². The highest BCUT2D eigenvalue weighted by Gasteiger charge is 2.12. The summed E-state index contributed by atoms with van der Waals surface area (Å²) in [5, 5.41) is 26.3. The Hall–Kier alpha value is -3.75. The number of carboxylic acid groups (broad SMARTS) is 1. The molecule has 0 bridgehead atoms. The molecule has 0 aromatic heterocycles. The molecule has 3 amide bonds. The molecule has 154 valence electrons. The van der Waals surface area contributed by atoms with Crippen LogP contribution in [0, 0.1) is 0 Å². The second-order valence-electron chi connectivity index (χ2n) is 6.02. The van der Waals surface area contributed by atoms with Gasteiger partial charge in [-0.2, -0.15) is 0 Å². The molecule has 29 heavy (non-hydrogen) atoms. The zero-order valence-electron chi connectivity index (χ0n) is 15.7. The summed E-state index contributed by atoms with van der Waals surface area (Å²) in [4.78, 5) is 34.1. The highest BCUT2D eigenvalue weighted by Crippen LogP contribution is 2.23. The Morgan fingerprint density at radius 1 is 0.931 bits per heavy atom. The number of carbonyl (C=O) groups is 3. The van der Waals surface area contributed by atoms with E-state index in [9.17, 15) is 19.5 Å². The fourth-order valence-corrected chi connectivity index (χ4v) is 2.35. The van der Waals surface area contributed by atoms with Crippen LogP contribution in [-0.4, -0.2) is 47.8 Å². The minimum Gasteiger partial charge on any atom is -0.507 e. The maximum absolute atomic E-state index is 11.9. The highest BCUT2D eigenvalue weighted by atomic mass is 16.5. The molecule has 0 aliphatic heterocycles. The van der Waals surface area contributed by atoms with Crippen LogP contribution in [0.1, 0.15) is 22.3 Å². The van der Waals surface area contributed by atoms with Crippen LogP contribution in [0.5, 0.6) is 11.5 Å². The molecule has 0 radical (unpaired) electrons. The lowest BCUT2D eigenvalue weighted by Gasteiger charge is -2.11. The Balaban J connectivity index is 1.69.